The lowest BCUT2D eigenvalue weighted by Crippen LogP contribution is -2.27. The van der Waals surface area contributed by atoms with Gasteiger partial charge in [0.05, 0.1) is 9.79 Å². The number of nitrogens with two attached hydrogens (primary N) is 1. The van der Waals surface area contributed by atoms with Crippen molar-refractivity contribution >= 4 is 20.0 Å². The van der Waals surface area contributed by atoms with Gasteiger partial charge in [-0.3, -0.25) is 0 Å². The highest BCUT2D eigenvalue weighted by Crippen LogP contribution is 2.18. The van der Waals surface area contributed by atoms with Crippen LogP contribution in [0.25, 0.3) is 0 Å². The number of aryl methyl sites for hydroxylation is 1. The van der Waals surface area contributed by atoms with E-state index in [9.17, 15) is 16.8 Å². The lowest BCUT2D eigenvalue weighted by atomic mass is 10.0. The third kappa shape index (κ3) is 5.12. The van der Waals surface area contributed by atoms with Gasteiger partial charge in [-0.25, -0.2) is 26.7 Å². The van der Waals surface area contributed by atoms with Gasteiger partial charge in [0.1, 0.15) is 0 Å². The third-order valence-corrected chi connectivity index (χ3v) is 6.32. The fraction of sp³-hybridized carbons (Fsp3) is 0.294. The van der Waals surface area contributed by atoms with Crippen LogP contribution in [-0.2, 0) is 26.5 Å². The Morgan fingerprint density at radius 1 is 1.00 bits per heavy atom. The van der Waals surface area contributed by atoms with Crippen molar-refractivity contribution in [2.24, 2.45) is 5.14 Å². The summed E-state index contributed by atoms with van der Waals surface area (Å²) in [5, 5.41) is 5.07. The highest BCUT2D eigenvalue weighted by atomic mass is 32.2. The van der Waals surface area contributed by atoms with Crippen LogP contribution < -0.4 is 9.86 Å². The van der Waals surface area contributed by atoms with Crippen LogP contribution in [0.3, 0.4) is 0 Å². The fourth-order valence-electron chi connectivity index (χ4n) is 2.35. The maximum absolute atomic E-state index is 12.4. The summed E-state index contributed by atoms with van der Waals surface area (Å²) in [5.41, 5.74) is 1.77. The molecule has 0 radical (unpaired) electrons. The summed E-state index contributed by atoms with van der Waals surface area (Å²) < 4.78 is 50.0. The lowest BCUT2D eigenvalue weighted by molar-refractivity contribution is 0.575. The highest BCUT2D eigenvalue weighted by molar-refractivity contribution is 7.89. The van der Waals surface area contributed by atoms with Crippen LogP contribution in [0.4, 0.5) is 0 Å². The first kappa shape index (κ1) is 19.6. The molecule has 2 aromatic rings. The molecule has 0 aliphatic rings. The van der Waals surface area contributed by atoms with Crippen LogP contribution in [-0.4, -0.2) is 23.4 Å². The number of hydrogen-bond donors (Lipinski definition) is 2. The van der Waals surface area contributed by atoms with Crippen molar-refractivity contribution in [1.82, 2.24) is 4.72 Å². The molecule has 2 rings (SSSR count). The molecule has 0 aliphatic heterocycles. The molecule has 25 heavy (non-hydrogen) atoms. The van der Waals surface area contributed by atoms with E-state index in [1.54, 1.807) is 30.3 Å². The first-order valence-corrected chi connectivity index (χ1v) is 10.9. The molecule has 0 saturated carbocycles. The minimum atomic E-state index is -3.74. The average molecular weight is 383 g/mol. The van der Waals surface area contributed by atoms with Gasteiger partial charge in [0, 0.05) is 6.54 Å². The van der Waals surface area contributed by atoms with E-state index in [2.05, 4.69) is 4.72 Å². The molecular formula is C17H22N2O4S2. The van der Waals surface area contributed by atoms with Crippen molar-refractivity contribution in [3.05, 3.63) is 59.7 Å². The van der Waals surface area contributed by atoms with Crippen LogP contribution in [0, 0.1) is 0 Å². The second-order valence-corrected chi connectivity index (χ2v) is 9.20. The van der Waals surface area contributed by atoms with E-state index < -0.39 is 20.0 Å². The van der Waals surface area contributed by atoms with Gasteiger partial charge < -0.3 is 0 Å². The standard InChI is InChI=1S/C17H22N2O4S2/c1-3-14-5-4-6-17(11-14)25(22,23)19-12-13(2)15-7-9-16(10-8-15)24(18,20)21/h4-11,13,19H,3,12H2,1-2H3,(H2,18,20,21). The molecule has 0 aliphatic carbocycles. The van der Waals surface area contributed by atoms with E-state index in [-0.39, 0.29) is 22.3 Å². The van der Waals surface area contributed by atoms with Gasteiger partial charge in [0.2, 0.25) is 20.0 Å². The number of rotatable bonds is 7. The molecule has 0 saturated heterocycles. The Balaban J connectivity index is 2.09. The maximum Gasteiger partial charge on any atom is 0.240 e. The molecule has 0 amide bonds. The molecule has 6 nitrogen and oxygen atoms in total. The Kier molecular flexibility index (Phi) is 5.99. The summed E-state index contributed by atoms with van der Waals surface area (Å²) >= 11 is 0. The van der Waals surface area contributed by atoms with E-state index in [4.69, 9.17) is 5.14 Å². The number of hydrogen-bond acceptors (Lipinski definition) is 4. The van der Waals surface area contributed by atoms with Crippen molar-refractivity contribution < 1.29 is 16.8 Å². The van der Waals surface area contributed by atoms with E-state index in [1.807, 2.05) is 19.9 Å². The van der Waals surface area contributed by atoms with Crippen molar-refractivity contribution in [2.75, 3.05) is 6.54 Å². The quantitative estimate of drug-likeness (QED) is 0.763. The van der Waals surface area contributed by atoms with Crippen molar-refractivity contribution in [3.8, 4) is 0 Å². The maximum atomic E-state index is 12.4. The zero-order valence-corrected chi connectivity index (χ0v) is 15.8. The molecule has 136 valence electrons. The number of primary sulfonamides is 1. The van der Waals surface area contributed by atoms with Crippen molar-refractivity contribution in [3.63, 3.8) is 0 Å². The molecule has 1 atom stereocenters. The highest BCUT2D eigenvalue weighted by Gasteiger charge is 2.16. The lowest BCUT2D eigenvalue weighted by Gasteiger charge is -2.14. The summed E-state index contributed by atoms with van der Waals surface area (Å²) in [6.07, 6.45) is 0.760. The second-order valence-electron chi connectivity index (χ2n) is 5.87. The van der Waals surface area contributed by atoms with Gasteiger partial charge >= 0.3 is 0 Å². The SMILES string of the molecule is CCc1cccc(S(=O)(=O)NCC(C)c2ccc(S(N)(=O)=O)cc2)c1. The Hall–Kier alpha value is -1.74. The van der Waals surface area contributed by atoms with Crippen LogP contribution >= 0.6 is 0 Å². The molecular weight excluding hydrogens is 360 g/mol. The minimum Gasteiger partial charge on any atom is -0.225 e. The number of sulfonamides is 2. The Labute approximate surface area is 149 Å². The van der Waals surface area contributed by atoms with Crippen molar-refractivity contribution in [1.29, 1.82) is 0 Å². The van der Waals surface area contributed by atoms with E-state index in [0.717, 1.165) is 17.5 Å². The molecule has 0 aromatic heterocycles. The monoisotopic (exact) mass is 382 g/mol. The normalized spacial score (nSPS) is 13.6. The molecule has 0 spiro atoms. The Morgan fingerprint density at radius 3 is 2.20 bits per heavy atom. The number of benzene rings is 2. The van der Waals surface area contributed by atoms with Crippen LogP contribution in [0.5, 0.6) is 0 Å². The first-order chi connectivity index (χ1) is 11.6. The molecule has 0 fully saturated rings. The summed E-state index contributed by atoms with van der Waals surface area (Å²) in [6.45, 7) is 4.02. The zero-order valence-electron chi connectivity index (χ0n) is 14.1. The molecule has 0 bridgehead atoms. The second kappa shape index (κ2) is 7.65. The van der Waals surface area contributed by atoms with Gasteiger partial charge in [0.15, 0.2) is 0 Å². The largest absolute Gasteiger partial charge is 0.240 e. The predicted molar refractivity (Wildman–Crippen MR) is 97.2 cm³/mol. The third-order valence-electron chi connectivity index (χ3n) is 3.97. The summed E-state index contributed by atoms with van der Waals surface area (Å²) in [5.74, 6) is -0.126. The van der Waals surface area contributed by atoms with E-state index in [0.29, 0.717) is 0 Å². The van der Waals surface area contributed by atoms with Crippen LogP contribution in [0.2, 0.25) is 0 Å². The van der Waals surface area contributed by atoms with Gasteiger partial charge in [-0.1, -0.05) is 38.1 Å². The Morgan fingerprint density at radius 2 is 1.64 bits per heavy atom. The summed E-state index contributed by atoms with van der Waals surface area (Å²) in [7, 11) is -7.33. The first-order valence-electron chi connectivity index (χ1n) is 7.85. The predicted octanol–water partition coefficient (Wildman–Crippen LogP) is 1.98. The molecule has 0 heterocycles. The Bertz CT molecular complexity index is 937. The van der Waals surface area contributed by atoms with Gasteiger partial charge in [-0.2, -0.15) is 0 Å². The van der Waals surface area contributed by atoms with Gasteiger partial charge in [-0.05, 0) is 47.7 Å². The molecule has 1 unspecified atom stereocenters. The number of nitrogens with one attached hydrogen (secondary N) is 1. The van der Waals surface area contributed by atoms with Gasteiger partial charge in [-0.15, -0.1) is 0 Å². The topological polar surface area (TPSA) is 106 Å². The molecule has 3 N–H and O–H groups in total. The molecule has 8 heteroatoms. The van der Waals surface area contributed by atoms with Crippen LogP contribution in [0.15, 0.2) is 58.3 Å². The smallest absolute Gasteiger partial charge is 0.225 e. The minimum absolute atomic E-state index is 0.0282. The summed E-state index contributed by atoms with van der Waals surface area (Å²) in [6, 6.07) is 12.9. The van der Waals surface area contributed by atoms with E-state index >= 15 is 0 Å². The summed E-state index contributed by atoms with van der Waals surface area (Å²) in [4.78, 5) is 0.268. The van der Waals surface area contributed by atoms with Crippen LogP contribution in [0.1, 0.15) is 30.9 Å². The van der Waals surface area contributed by atoms with Gasteiger partial charge in [0.25, 0.3) is 0 Å². The molecule has 2 aromatic carbocycles. The fourth-order valence-corrected chi connectivity index (χ4v) is 4.07. The van der Waals surface area contributed by atoms with Crippen molar-refractivity contribution in [2.45, 2.75) is 36.0 Å². The van der Waals surface area contributed by atoms with E-state index in [1.165, 1.54) is 12.1 Å². The average Bonchev–Trinajstić information content (AvgIpc) is 2.59. The zero-order chi connectivity index (χ0) is 18.7.